The number of nitrogens with zero attached hydrogens (tertiary/aromatic N) is 2. The molecule has 0 aromatic carbocycles. The van der Waals surface area contributed by atoms with Crippen molar-refractivity contribution >= 4 is 23.1 Å². The van der Waals surface area contributed by atoms with Crippen LogP contribution in [-0.4, -0.2) is 15.6 Å². The molecule has 2 aromatic rings. The zero-order chi connectivity index (χ0) is 12.4. The first-order valence-corrected chi connectivity index (χ1v) is 5.82. The van der Waals surface area contributed by atoms with Gasteiger partial charge in [0.2, 0.25) is 5.91 Å². The van der Waals surface area contributed by atoms with Crippen molar-refractivity contribution in [1.82, 2.24) is 9.72 Å². The molecule has 17 heavy (non-hydrogen) atoms. The SMILES string of the molecule is Cc1cc(NC(=O)Cn2c(C)csc2=O)no1. The van der Waals surface area contributed by atoms with Crippen molar-refractivity contribution in [3.63, 3.8) is 0 Å². The fourth-order valence-corrected chi connectivity index (χ4v) is 2.08. The first kappa shape index (κ1) is 11.6. The lowest BCUT2D eigenvalue weighted by Gasteiger charge is -2.03. The van der Waals surface area contributed by atoms with Gasteiger partial charge in [0.15, 0.2) is 5.82 Å². The Hall–Kier alpha value is -1.89. The standard InChI is InChI=1S/C10H11N3O3S/c1-6-5-17-10(15)13(6)4-9(14)11-8-3-7(2)16-12-8/h3,5H,4H2,1-2H3,(H,11,12,14). The number of carbonyl (C=O) groups excluding carboxylic acids is 1. The molecule has 0 aliphatic carbocycles. The predicted octanol–water partition coefficient (Wildman–Crippen LogP) is 1.15. The summed E-state index contributed by atoms with van der Waals surface area (Å²) in [5.74, 6) is 0.666. The van der Waals surface area contributed by atoms with Crippen molar-refractivity contribution in [3.8, 4) is 0 Å². The van der Waals surface area contributed by atoms with Crippen molar-refractivity contribution in [2.24, 2.45) is 0 Å². The van der Waals surface area contributed by atoms with E-state index in [1.165, 1.54) is 4.57 Å². The molecule has 2 aromatic heterocycles. The number of aromatic nitrogens is 2. The number of amides is 1. The van der Waals surface area contributed by atoms with Gasteiger partial charge in [-0.2, -0.15) is 0 Å². The van der Waals surface area contributed by atoms with Gasteiger partial charge in [0.1, 0.15) is 12.3 Å². The first-order chi connectivity index (χ1) is 8.06. The van der Waals surface area contributed by atoms with Crippen LogP contribution in [0.2, 0.25) is 0 Å². The van der Waals surface area contributed by atoms with E-state index in [-0.39, 0.29) is 17.3 Å². The van der Waals surface area contributed by atoms with Gasteiger partial charge < -0.3 is 9.84 Å². The number of nitrogens with one attached hydrogen (secondary N) is 1. The number of anilines is 1. The summed E-state index contributed by atoms with van der Waals surface area (Å²) in [4.78, 5) is 22.9. The van der Waals surface area contributed by atoms with Crippen LogP contribution in [0.3, 0.4) is 0 Å². The Morgan fingerprint density at radius 1 is 1.59 bits per heavy atom. The van der Waals surface area contributed by atoms with Gasteiger partial charge in [-0.1, -0.05) is 16.5 Å². The van der Waals surface area contributed by atoms with Gasteiger partial charge in [-0.25, -0.2) is 0 Å². The molecule has 0 saturated carbocycles. The Kier molecular flexibility index (Phi) is 3.10. The molecule has 0 unspecified atom stereocenters. The van der Waals surface area contributed by atoms with E-state index in [0.29, 0.717) is 11.6 Å². The Bertz CT molecular complexity index is 596. The molecule has 0 spiro atoms. The molecule has 1 N–H and O–H groups in total. The Morgan fingerprint density at radius 2 is 2.35 bits per heavy atom. The van der Waals surface area contributed by atoms with Crippen molar-refractivity contribution < 1.29 is 9.32 Å². The van der Waals surface area contributed by atoms with Crippen molar-refractivity contribution in [3.05, 3.63) is 32.6 Å². The molecule has 0 atom stereocenters. The summed E-state index contributed by atoms with van der Waals surface area (Å²) in [5.41, 5.74) is 0.770. The molecule has 0 saturated heterocycles. The maximum Gasteiger partial charge on any atom is 0.307 e. The van der Waals surface area contributed by atoms with E-state index in [2.05, 4.69) is 10.5 Å². The van der Waals surface area contributed by atoms with Gasteiger partial charge in [-0.15, -0.1) is 0 Å². The summed E-state index contributed by atoms with van der Waals surface area (Å²) in [6, 6.07) is 1.61. The maximum absolute atomic E-state index is 11.6. The largest absolute Gasteiger partial charge is 0.360 e. The Labute approximate surface area is 101 Å². The van der Waals surface area contributed by atoms with Crippen LogP contribution in [-0.2, 0) is 11.3 Å². The van der Waals surface area contributed by atoms with E-state index in [4.69, 9.17) is 4.52 Å². The number of thiazole rings is 1. The third-order valence-electron chi connectivity index (χ3n) is 2.17. The topological polar surface area (TPSA) is 77.1 Å². The highest BCUT2D eigenvalue weighted by Gasteiger charge is 2.10. The number of hydrogen-bond acceptors (Lipinski definition) is 5. The van der Waals surface area contributed by atoms with Crippen LogP contribution in [0.4, 0.5) is 5.82 Å². The lowest BCUT2D eigenvalue weighted by Crippen LogP contribution is -2.25. The van der Waals surface area contributed by atoms with Crippen molar-refractivity contribution in [2.45, 2.75) is 20.4 Å². The summed E-state index contributed by atoms with van der Waals surface area (Å²) >= 11 is 1.08. The Morgan fingerprint density at radius 3 is 2.88 bits per heavy atom. The summed E-state index contributed by atoms with van der Waals surface area (Å²) in [6.45, 7) is 3.50. The highest BCUT2D eigenvalue weighted by Crippen LogP contribution is 2.07. The quantitative estimate of drug-likeness (QED) is 0.890. The van der Waals surface area contributed by atoms with E-state index in [1.807, 2.05) is 0 Å². The minimum absolute atomic E-state index is 0.0138. The van der Waals surface area contributed by atoms with E-state index in [1.54, 1.807) is 25.3 Å². The van der Waals surface area contributed by atoms with Crippen LogP contribution < -0.4 is 10.2 Å². The average Bonchev–Trinajstić information content (AvgIpc) is 2.79. The van der Waals surface area contributed by atoms with Gasteiger partial charge in [0.05, 0.1) is 0 Å². The van der Waals surface area contributed by atoms with E-state index in [9.17, 15) is 9.59 Å². The molecule has 0 aliphatic rings. The zero-order valence-corrected chi connectivity index (χ0v) is 10.2. The number of aryl methyl sites for hydroxylation is 2. The van der Waals surface area contributed by atoms with Crippen LogP contribution in [0.15, 0.2) is 20.8 Å². The van der Waals surface area contributed by atoms with E-state index in [0.717, 1.165) is 17.0 Å². The zero-order valence-electron chi connectivity index (χ0n) is 9.39. The van der Waals surface area contributed by atoms with Crippen molar-refractivity contribution in [2.75, 3.05) is 5.32 Å². The molecule has 0 bridgehead atoms. The molecule has 90 valence electrons. The summed E-state index contributed by atoms with van der Waals surface area (Å²) in [6.07, 6.45) is 0. The summed E-state index contributed by atoms with van der Waals surface area (Å²) < 4.78 is 6.23. The first-order valence-electron chi connectivity index (χ1n) is 4.94. The van der Waals surface area contributed by atoms with E-state index >= 15 is 0 Å². The molecule has 0 aliphatic heterocycles. The number of hydrogen-bond donors (Lipinski definition) is 1. The second kappa shape index (κ2) is 4.54. The molecular weight excluding hydrogens is 242 g/mol. The molecule has 2 heterocycles. The molecule has 6 nitrogen and oxygen atoms in total. The Balaban J connectivity index is 2.05. The van der Waals surface area contributed by atoms with Gasteiger partial charge in [0, 0.05) is 17.1 Å². The summed E-state index contributed by atoms with van der Waals surface area (Å²) in [7, 11) is 0. The third-order valence-corrected chi connectivity index (χ3v) is 3.05. The van der Waals surface area contributed by atoms with Crippen LogP contribution in [0, 0.1) is 13.8 Å². The fraction of sp³-hybridized carbons (Fsp3) is 0.300. The van der Waals surface area contributed by atoms with Crippen LogP contribution in [0.25, 0.3) is 0 Å². The van der Waals surface area contributed by atoms with Gasteiger partial charge in [-0.3, -0.25) is 14.2 Å². The molecule has 0 radical (unpaired) electrons. The minimum atomic E-state index is -0.304. The minimum Gasteiger partial charge on any atom is -0.360 e. The lowest BCUT2D eigenvalue weighted by atomic mass is 10.4. The third kappa shape index (κ3) is 2.62. The second-order valence-electron chi connectivity index (χ2n) is 3.60. The smallest absolute Gasteiger partial charge is 0.307 e. The van der Waals surface area contributed by atoms with Crippen LogP contribution in [0.5, 0.6) is 0 Å². The molecule has 7 heteroatoms. The highest BCUT2D eigenvalue weighted by molar-refractivity contribution is 7.07. The summed E-state index contributed by atoms with van der Waals surface area (Å²) in [5, 5.41) is 7.91. The molecule has 2 rings (SSSR count). The van der Waals surface area contributed by atoms with Crippen LogP contribution >= 0.6 is 11.3 Å². The lowest BCUT2D eigenvalue weighted by molar-refractivity contribution is -0.116. The number of rotatable bonds is 3. The number of carbonyl (C=O) groups is 1. The molecular formula is C10H11N3O3S. The van der Waals surface area contributed by atoms with Gasteiger partial charge >= 0.3 is 4.87 Å². The van der Waals surface area contributed by atoms with Crippen molar-refractivity contribution in [1.29, 1.82) is 0 Å². The highest BCUT2D eigenvalue weighted by atomic mass is 32.1. The average molecular weight is 253 g/mol. The predicted molar refractivity (Wildman–Crippen MR) is 63.2 cm³/mol. The molecule has 1 amide bonds. The molecule has 0 fully saturated rings. The maximum atomic E-state index is 11.6. The van der Waals surface area contributed by atoms with Gasteiger partial charge in [-0.05, 0) is 13.8 Å². The second-order valence-corrected chi connectivity index (χ2v) is 4.42. The van der Waals surface area contributed by atoms with Crippen LogP contribution in [0.1, 0.15) is 11.5 Å². The fourth-order valence-electron chi connectivity index (χ4n) is 1.35. The van der Waals surface area contributed by atoms with Gasteiger partial charge in [0.25, 0.3) is 0 Å². The van der Waals surface area contributed by atoms with E-state index < -0.39 is 0 Å². The normalized spacial score (nSPS) is 10.5. The monoisotopic (exact) mass is 253 g/mol.